The molecule has 4 nitrogen and oxygen atoms in total. The molecule has 1 aromatic rings. The number of unbranched alkanes of at least 4 members (excludes halogenated alkanes) is 1. The van der Waals surface area contributed by atoms with E-state index in [1.165, 1.54) is 0 Å². The highest BCUT2D eigenvalue weighted by atomic mass is 16.2. The van der Waals surface area contributed by atoms with Gasteiger partial charge in [0, 0.05) is 19.6 Å². The number of nitrogen functional groups attached to an aromatic ring is 1. The second kappa shape index (κ2) is 5.08. The van der Waals surface area contributed by atoms with Crippen molar-refractivity contribution in [2.75, 3.05) is 30.3 Å². The number of rotatable bonds is 4. The Morgan fingerprint density at radius 2 is 2.06 bits per heavy atom. The lowest BCUT2D eigenvalue weighted by Gasteiger charge is -2.19. The average molecular weight is 233 g/mol. The van der Waals surface area contributed by atoms with Gasteiger partial charge >= 0.3 is 6.03 Å². The zero-order valence-corrected chi connectivity index (χ0v) is 10.2. The summed E-state index contributed by atoms with van der Waals surface area (Å²) in [5, 5.41) is 0. The first-order chi connectivity index (χ1) is 8.24. The van der Waals surface area contributed by atoms with Crippen LogP contribution in [0.25, 0.3) is 0 Å². The molecule has 17 heavy (non-hydrogen) atoms. The monoisotopic (exact) mass is 233 g/mol. The van der Waals surface area contributed by atoms with Crippen LogP contribution in [0.4, 0.5) is 16.2 Å². The van der Waals surface area contributed by atoms with Crippen molar-refractivity contribution < 1.29 is 4.79 Å². The number of nitrogens with zero attached hydrogens (tertiary/aromatic N) is 2. The maximum Gasteiger partial charge on any atom is 0.324 e. The van der Waals surface area contributed by atoms with Gasteiger partial charge in [0.2, 0.25) is 0 Å². The molecule has 1 heterocycles. The van der Waals surface area contributed by atoms with Crippen LogP contribution in [0.1, 0.15) is 19.8 Å². The first kappa shape index (κ1) is 11.8. The van der Waals surface area contributed by atoms with Gasteiger partial charge in [-0.1, -0.05) is 25.5 Å². The third-order valence-corrected chi connectivity index (χ3v) is 3.10. The number of para-hydroxylation sites is 2. The number of anilines is 2. The minimum absolute atomic E-state index is 0.0800. The van der Waals surface area contributed by atoms with E-state index in [4.69, 9.17) is 5.73 Å². The summed E-state index contributed by atoms with van der Waals surface area (Å²) in [5.74, 6) is 0. The van der Waals surface area contributed by atoms with Crippen molar-refractivity contribution in [1.82, 2.24) is 4.90 Å². The molecule has 2 rings (SSSR count). The largest absolute Gasteiger partial charge is 0.397 e. The van der Waals surface area contributed by atoms with Crippen molar-refractivity contribution in [2.24, 2.45) is 0 Å². The van der Waals surface area contributed by atoms with Gasteiger partial charge in [-0.05, 0) is 18.6 Å². The molecule has 1 aliphatic rings. The number of carbonyl (C=O) groups is 1. The van der Waals surface area contributed by atoms with E-state index in [0.29, 0.717) is 5.69 Å². The summed E-state index contributed by atoms with van der Waals surface area (Å²) in [6.45, 7) is 4.51. The van der Waals surface area contributed by atoms with Gasteiger partial charge in [-0.2, -0.15) is 0 Å². The molecule has 0 bridgehead atoms. The minimum atomic E-state index is 0.0800. The molecule has 0 atom stereocenters. The first-order valence-corrected chi connectivity index (χ1v) is 6.15. The quantitative estimate of drug-likeness (QED) is 0.811. The standard InChI is InChI=1S/C13H19N3O/c1-2-3-8-15-9-10-16(13(15)17)12-7-5-4-6-11(12)14/h4-7H,2-3,8-10,14H2,1H3. The molecule has 2 N–H and O–H groups in total. The molecule has 1 aromatic carbocycles. The number of urea groups is 1. The summed E-state index contributed by atoms with van der Waals surface area (Å²) in [4.78, 5) is 15.8. The Kier molecular flexibility index (Phi) is 3.52. The van der Waals surface area contributed by atoms with E-state index in [1.807, 2.05) is 29.2 Å². The van der Waals surface area contributed by atoms with Gasteiger partial charge in [-0.3, -0.25) is 4.90 Å². The predicted molar refractivity (Wildman–Crippen MR) is 70.1 cm³/mol. The molecule has 1 saturated heterocycles. The van der Waals surface area contributed by atoms with Crippen molar-refractivity contribution in [1.29, 1.82) is 0 Å². The van der Waals surface area contributed by atoms with Crippen LogP contribution in [0.2, 0.25) is 0 Å². The van der Waals surface area contributed by atoms with Gasteiger partial charge in [0.1, 0.15) is 0 Å². The molecule has 2 amide bonds. The van der Waals surface area contributed by atoms with Gasteiger partial charge in [-0.25, -0.2) is 4.79 Å². The first-order valence-electron chi connectivity index (χ1n) is 6.15. The Labute approximate surface area is 102 Å². The van der Waals surface area contributed by atoms with Crippen molar-refractivity contribution in [3.05, 3.63) is 24.3 Å². The second-order valence-electron chi connectivity index (χ2n) is 4.33. The van der Waals surface area contributed by atoms with Crippen molar-refractivity contribution in [2.45, 2.75) is 19.8 Å². The average Bonchev–Trinajstić information content (AvgIpc) is 2.69. The molecule has 0 spiro atoms. The Balaban J connectivity index is 2.10. The molecular weight excluding hydrogens is 214 g/mol. The van der Waals surface area contributed by atoms with Crippen LogP contribution in [0.3, 0.4) is 0 Å². The maximum absolute atomic E-state index is 12.2. The molecule has 1 fully saturated rings. The number of benzene rings is 1. The number of hydrogen-bond donors (Lipinski definition) is 1. The Hall–Kier alpha value is -1.71. The summed E-state index contributed by atoms with van der Waals surface area (Å²) in [6, 6.07) is 7.60. The van der Waals surface area contributed by atoms with Crippen molar-refractivity contribution >= 4 is 17.4 Å². The van der Waals surface area contributed by atoms with Crippen molar-refractivity contribution in [3.63, 3.8) is 0 Å². The number of nitrogens with two attached hydrogens (primary N) is 1. The number of hydrogen-bond acceptors (Lipinski definition) is 2. The molecule has 0 radical (unpaired) electrons. The van der Waals surface area contributed by atoms with E-state index in [-0.39, 0.29) is 6.03 Å². The predicted octanol–water partition coefficient (Wildman–Crippen LogP) is 2.31. The fourth-order valence-corrected chi connectivity index (χ4v) is 2.10. The third-order valence-electron chi connectivity index (χ3n) is 3.10. The van der Waals surface area contributed by atoms with Crippen LogP contribution in [-0.4, -0.2) is 30.6 Å². The molecular formula is C13H19N3O. The Morgan fingerprint density at radius 1 is 1.29 bits per heavy atom. The van der Waals surface area contributed by atoms with Gasteiger partial charge in [0.05, 0.1) is 11.4 Å². The molecule has 0 saturated carbocycles. The highest BCUT2D eigenvalue weighted by molar-refractivity contribution is 5.96. The van der Waals surface area contributed by atoms with E-state index in [2.05, 4.69) is 6.92 Å². The van der Waals surface area contributed by atoms with Crippen LogP contribution >= 0.6 is 0 Å². The van der Waals surface area contributed by atoms with Crippen molar-refractivity contribution in [3.8, 4) is 0 Å². The van der Waals surface area contributed by atoms with Gasteiger partial charge in [0.25, 0.3) is 0 Å². The lowest BCUT2D eigenvalue weighted by molar-refractivity contribution is 0.220. The zero-order valence-electron chi connectivity index (χ0n) is 10.2. The van der Waals surface area contributed by atoms with Crippen LogP contribution in [-0.2, 0) is 0 Å². The van der Waals surface area contributed by atoms with E-state index >= 15 is 0 Å². The number of amides is 2. The Morgan fingerprint density at radius 3 is 2.76 bits per heavy atom. The van der Waals surface area contributed by atoms with Crippen LogP contribution in [0.5, 0.6) is 0 Å². The smallest absolute Gasteiger partial charge is 0.324 e. The van der Waals surface area contributed by atoms with Gasteiger partial charge in [0.15, 0.2) is 0 Å². The van der Waals surface area contributed by atoms with Crippen LogP contribution < -0.4 is 10.6 Å². The lowest BCUT2D eigenvalue weighted by atomic mass is 10.2. The van der Waals surface area contributed by atoms with E-state index in [9.17, 15) is 4.79 Å². The normalized spacial score (nSPS) is 15.7. The lowest BCUT2D eigenvalue weighted by Crippen LogP contribution is -2.32. The summed E-state index contributed by atoms with van der Waals surface area (Å²) in [7, 11) is 0. The highest BCUT2D eigenvalue weighted by Gasteiger charge is 2.29. The third kappa shape index (κ3) is 2.35. The van der Waals surface area contributed by atoms with Crippen LogP contribution in [0.15, 0.2) is 24.3 Å². The molecule has 0 aromatic heterocycles. The molecule has 0 unspecified atom stereocenters. The van der Waals surface area contributed by atoms with E-state index in [1.54, 1.807) is 4.90 Å². The Bertz CT molecular complexity index is 405. The molecule has 4 heteroatoms. The number of carbonyl (C=O) groups excluding carboxylic acids is 1. The zero-order chi connectivity index (χ0) is 12.3. The van der Waals surface area contributed by atoms with E-state index < -0.39 is 0 Å². The van der Waals surface area contributed by atoms with Crippen LogP contribution in [0, 0.1) is 0 Å². The summed E-state index contributed by atoms with van der Waals surface area (Å²) in [6.07, 6.45) is 2.17. The maximum atomic E-state index is 12.2. The summed E-state index contributed by atoms with van der Waals surface area (Å²) >= 11 is 0. The molecule has 1 aliphatic heterocycles. The highest BCUT2D eigenvalue weighted by Crippen LogP contribution is 2.26. The fourth-order valence-electron chi connectivity index (χ4n) is 2.10. The SMILES string of the molecule is CCCCN1CCN(c2ccccc2N)C1=O. The minimum Gasteiger partial charge on any atom is -0.397 e. The van der Waals surface area contributed by atoms with Gasteiger partial charge in [-0.15, -0.1) is 0 Å². The summed E-state index contributed by atoms with van der Waals surface area (Å²) in [5.41, 5.74) is 7.39. The molecule has 0 aliphatic carbocycles. The molecule has 92 valence electrons. The van der Waals surface area contributed by atoms with E-state index in [0.717, 1.165) is 38.2 Å². The topological polar surface area (TPSA) is 49.6 Å². The second-order valence-corrected chi connectivity index (χ2v) is 4.33. The summed E-state index contributed by atoms with van der Waals surface area (Å²) < 4.78 is 0. The fraction of sp³-hybridized carbons (Fsp3) is 0.462. The van der Waals surface area contributed by atoms with Gasteiger partial charge < -0.3 is 10.6 Å².